The molecule has 3 aromatic heterocycles. The third-order valence-electron chi connectivity index (χ3n) is 6.52. The van der Waals surface area contributed by atoms with Crippen LogP contribution in [0.3, 0.4) is 0 Å². The highest BCUT2D eigenvalue weighted by atomic mass is 19.1. The number of hydrogen-bond acceptors (Lipinski definition) is 6. The van der Waals surface area contributed by atoms with Crippen molar-refractivity contribution in [2.24, 2.45) is 0 Å². The Morgan fingerprint density at radius 2 is 1.97 bits per heavy atom. The molecular weight excluding hydrogens is 475 g/mol. The second-order valence-electron chi connectivity index (χ2n) is 8.94. The lowest BCUT2D eigenvalue weighted by Crippen LogP contribution is -2.55. The van der Waals surface area contributed by atoms with Crippen LogP contribution in [0.15, 0.2) is 67.1 Å². The predicted octanol–water partition coefficient (Wildman–Crippen LogP) is 3.57. The highest BCUT2D eigenvalue weighted by molar-refractivity contribution is 6.08. The lowest BCUT2D eigenvalue weighted by atomic mass is 10.1. The molecule has 1 aliphatic rings. The van der Waals surface area contributed by atoms with E-state index in [-0.39, 0.29) is 24.1 Å². The highest BCUT2D eigenvalue weighted by Crippen LogP contribution is 2.26. The quantitative estimate of drug-likeness (QED) is 0.434. The number of halogens is 1. The number of hydrogen-bond donors (Lipinski definition) is 1. The van der Waals surface area contributed by atoms with Crippen molar-refractivity contribution in [2.45, 2.75) is 19.5 Å². The van der Waals surface area contributed by atoms with Crippen molar-refractivity contribution in [2.75, 3.05) is 37.0 Å². The van der Waals surface area contributed by atoms with Crippen LogP contribution in [0.25, 0.3) is 11.0 Å². The molecule has 1 N–H and O–H groups in total. The number of ether oxygens (including phenoxy) is 1. The lowest BCUT2D eigenvalue weighted by Gasteiger charge is -2.41. The van der Waals surface area contributed by atoms with E-state index in [2.05, 4.69) is 15.3 Å². The summed E-state index contributed by atoms with van der Waals surface area (Å²) in [6.07, 6.45) is 5.11. The smallest absolute Gasteiger partial charge is 0.257 e. The van der Waals surface area contributed by atoms with Gasteiger partial charge in [0.05, 0.1) is 12.7 Å². The fourth-order valence-electron chi connectivity index (χ4n) is 4.69. The largest absolute Gasteiger partial charge is 0.481 e. The van der Waals surface area contributed by atoms with Crippen molar-refractivity contribution in [1.29, 1.82) is 0 Å². The van der Waals surface area contributed by atoms with Crippen LogP contribution in [0.1, 0.15) is 17.3 Å². The fraction of sp³-hybridized carbons (Fsp3) is 0.259. The third kappa shape index (κ3) is 5.09. The Morgan fingerprint density at radius 3 is 2.78 bits per heavy atom. The van der Waals surface area contributed by atoms with Crippen molar-refractivity contribution < 1.29 is 18.7 Å². The number of rotatable bonds is 6. The molecule has 4 aromatic rings. The molecule has 5 rings (SSSR count). The second-order valence-corrected chi connectivity index (χ2v) is 8.94. The Labute approximate surface area is 213 Å². The van der Waals surface area contributed by atoms with Crippen LogP contribution in [0.4, 0.5) is 15.8 Å². The summed E-state index contributed by atoms with van der Waals surface area (Å²) in [4.78, 5) is 38.6. The van der Waals surface area contributed by atoms with Crippen molar-refractivity contribution in [3.8, 4) is 5.88 Å². The number of piperazine rings is 1. The summed E-state index contributed by atoms with van der Waals surface area (Å²) in [5.41, 5.74) is 2.09. The van der Waals surface area contributed by atoms with E-state index in [1.54, 1.807) is 24.4 Å². The van der Waals surface area contributed by atoms with E-state index in [0.717, 1.165) is 11.0 Å². The molecule has 37 heavy (non-hydrogen) atoms. The number of anilines is 2. The van der Waals surface area contributed by atoms with Crippen LogP contribution in [0.5, 0.6) is 5.88 Å². The minimum Gasteiger partial charge on any atom is -0.481 e. The van der Waals surface area contributed by atoms with Gasteiger partial charge in [0.15, 0.2) is 0 Å². The monoisotopic (exact) mass is 502 g/mol. The Kier molecular flexibility index (Phi) is 6.72. The van der Waals surface area contributed by atoms with Gasteiger partial charge in [0, 0.05) is 67.1 Å². The number of benzene rings is 1. The number of nitrogens with one attached hydrogen (secondary N) is 1. The zero-order valence-corrected chi connectivity index (χ0v) is 20.6. The first-order valence-corrected chi connectivity index (χ1v) is 12.0. The molecular formula is C27H27FN6O3. The van der Waals surface area contributed by atoms with Crippen molar-refractivity contribution in [1.82, 2.24) is 19.4 Å². The third-order valence-corrected chi connectivity index (χ3v) is 6.52. The van der Waals surface area contributed by atoms with Gasteiger partial charge >= 0.3 is 0 Å². The van der Waals surface area contributed by atoms with Gasteiger partial charge in [0.25, 0.3) is 5.91 Å². The number of methoxy groups -OCH3 is 1. The second kappa shape index (κ2) is 10.3. The zero-order valence-electron chi connectivity index (χ0n) is 20.6. The van der Waals surface area contributed by atoms with E-state index in [4.69, 9.17) is 4.74 Å². The average molecular weight is 503 g/mol. The van der Waals surface area contributed by atoms with Crippen LogP contribution in [-0.2, 0) is 11.3 Å². The molecule has 9 nitrogen and oxygen atoms in total. The molecule has 190 valence electrons. The molecule has 10 heteroatoms. The molecule has 1 atom stereocenters. The number of carbonyl (C=O) groups is 2. The number of nitrogens with zero attached hydrogens (tertiary/aromatic N) is 5. The van der Waals surface area contributed by atoms with E-state index < -0.39 is 11.7 Å². The van der Waals surface area contributed by atoms with E-state index in [0.29, 0.717) is 36.9 Å². The van der Waals surface area contributed by atoms with Gasteiger partial charge in [-0.15, -0.1) is 0 Å². The summed E-state index contributed by atoms with van der Waals surface area (Å²) in [5.74, 6) is -0.592. The van der Waals surface area contributed by atoms with E-state index in [1.807, 2.05) is 45.7 Å². The minimum atomic E-state index is -0.504. The van der Waals surface area contributed by atoms with Gasteiger partial charge in [-0.2, -0.15) is 0 Å². The van der Waals surface area contributed by atoms with Gasteiger partial charge in [-0.3, -0.25) is 9.59 Å². The molecule has 1 aromatic carbocycles. The van der Waals surface area contributed by atoms with Crippen LogP contribution in [0.2, 0.25) is 0 Å². The van der Waals surface area contributed by atoms with Crippen LogP contribution >= 0.6 is 0 Å². The molecule has 1 fully saturated rings. The molecule has 1 saturated heterocycles. The van der Waals surface area contributed by atoms with Crippen molar-refractivity contribution >= 4 is 34.2 Å². The van der Waals surface area contributed by atoms with Gasteiger partial charge in [-0.25, -0.2) is 14.4 Å². The van der Waals surface area contributed by atoms with Crippen LogP contribution in [0, 0.1) is 5.82 Å². The maximum atomic E-state index is 14.2. The lowest BCUT2D eigenvalue weighted by molar-refractivity contribution is -0.134. The van der Waals surface area contributed by atoms with Gasteiger partial charge in [0.1, 0.15) is 18.0 Å². The average Bonchev–Trinajstić information content (AvgIpc) is 3.31. The SMILES string of the molecule is COc1cc(NC(=O)c2cc(F)ccc2N2CCN(C(=O)Cn3ccc4cccnc43)[C@@H](C)C2)ccn1. The molecule has 0 saturated carbocycles. The molecule has 0 spiro atoms. The summed E-state index contributed by atoms with van der Waals surface area (Å²) in [7, 11) is 1.49. The summed E-state index contributed by atoms with van der Waals surface area (Å²) >= 11 is 0. The first kappa shape index (κ1) is 24.2. The Morgan fingerprint density at radius 1 is 1.11 bits per heavy atom. The number of pyridine rings is 2. The fourth-order valence-corrected chi connectivity index (χ4v) is 4.69. The topological polar surface area (TPSA) is 92.6 Å². The minimum absolute atomic E-state index is 0.000917. The Balaban J connectivity index is 1.30. The molecule has 2 amide bonds. The summed E-state index contributed by atoms with van der Waals surface area (Å²) in [6.45, 7) is 3.67. The molecule has 4 heterocycles. The van der Waals surface area contributed by atoms with Crippen LogP contribution < -0.4 is 15.0 Å². The Bertz CT molecular complexity index is 1460. The summed E-state index contributed by atoms with van der Waals surface area (Å²) < 4.78 is 21.1. The van der Waals surface area contributed by atoms with Gasteiger partial charge < -0.3 is 24.4 Å². The van der Waals surface area contributed by atoms with E-state index in [9.17, 15) is 14.0 Å². The highest BCUT2D eigenvalue weighted by Gasteiger charge is 2.30. The number of aromatic nitrogens is 3. The van der Waals surface area contributed by atoms with Crippen molar-refractivity contribution in [3.63, 3.8) is 0 Å². The van der Waals surface area contributed by atoms with Crippen molar-refractivity contribution in [3.05, 3.63) is 78.5 Å². The van der Waals surface area contributed by atoms with Gasteiger partial charge in [-0.1, -0.05) is 0 Å². The zero-order chi connectivity index (χ0) is 25.9. The number of carbonyl (C=O) groups excluding carboxylic acids is 2. The maximum absolute atomic E-state index is 14.2. The molecule has 0 unspecified atom stereocenters. The van der Waals surface area contributed by atoms with Gasteiger partial charge in [-0.05, 0) is 49.4 Å². The number of fused-ring (bicyclic) bond motifs is 1. The normalized spacial score (nSPS) is 15.6. The molecule has 1 aliphatic heterocycles. The molecule has 0 bridgehead atoms. The summed E-state index contributed by atoms with van der Waals surface area (Å²) in [6, 6.07) is 13.1. The predicted molar refractivity (Wildman–Crippen MR) is 138 cm³/mol. The van der Waals surface area contributed by atoms with Gasteiger partial charge in [0.2, 0.25) is 11.8 Å². The first-order valence-electron chi connectivity index (χ1n) is 12.0. The maximum Gasteiger partial charge on any atom is 0.257 e. The van der Waals surface area contributed by atoms with Crippen LogP contribution in [-0.4, -0.2) is 64.0 Å². The first-order chi connectivity index (χ1) is 17.9. The molecule has 0 aliphatic carbocycles. The standard InChI is InChI=1S/C27H27FN6O3/c1-18-16-32(12-13-34(18)25(35)17-33-11-8-19-4-3-9-30-26(19)33)23-6-5-20(28)14-22(23)27(36)31-21-7-10-29-24(15-21)37-2/h3-11,14-15,18H,12-13,16-17H2,1-2H3,(H,29,31,36)/t18-/m0/s1. The van der Waals surface area contributed by atoms with E-state index in [1.165, 1.54) is 25.4 Å². The summed E-state index contributed by atoms with van der Waals surface area (Å²) in [5, 5.41) is 3.78. The molecule has 0 radical (unpaired) electrons. The van der Waals surface area contributed by atoms with E-state index >= 15 is 0 Å². The number of amides is 2. The Hall–Kier alpha value is -4.47.